The summed E-state index contributed by atoms with van der Waals surface area (Å²) in [6, 6.07) is 7.94. The molecule has 0 aromatic heterocycles. The van der Waals surface area contributed by atoms with E-state index in [4.69, 9.17) is 15.7 Å². The van der Waals surface area contributed by atoms with E-state index in [0.717, 1.165) is 28.6 Å². The zero-order chi connectivity index (χ0) is 12.7. The van der Waals surface area contributed by atoms with Crippen molar-refractivity contribution in [1.82, 2.24) is 0 Å². The monoisotopic (exact) mass is 296 g/mol. The van der Waals surface area contributed by atoms with Crippen LogP contribution in [0.4, 0.5) is 0 Å². The molecule has 0 saturated carbocycles. The van der Waals surface area contributed by atoms with Crippen LogP contribution in [0.2, 0.25) is 0 Å². The summed E-state index contributed by atoms with van der Waals surface area (Å²) < 4.78 is 6.69. The molecule has 0 aliphatic rings. The first kappa shape index (κ1) is 14.0. The second-order valence-corrected chi connectivity index (χ2v) is 4.85. The highest BCUT2D eigenvalue weighted by atomic mass is 79.9. The molecule has 92 valence electrons. The van der Waals surface area contributed by atoms with Crippen LogP contribution in [0.15, 0.2) is 22.7 Å². The second-order valence-electron chi connectivity index (χ2n) is 3.93. The summed E-state index contributed by atoms with van der Waals surface area (Å²) in [7, 11) is 0. The maximum absolute atomic E-state index is 8.42. The number of nitrogens with two attached hydrogens (primary N) is 1. The summed E-state index contributed by atoms with van der Waals surface area (Å²) >= 11 is 3.42. The van der Waals surface area contributed by atoms with Gasteiger partial charge in [-0.2, -0.15) is 5.26 Å². The molecular weight excluding hydrogens is 280 g/mol. The molecule has 1 atom stereocenters. The first-order valence-electron chi connectivity index (χ1n) is 5.70. The number of hydrogen-bond acceptors (Lipinski definition) is 3. The molecule has 2 N–H and O–H groups in total. The highest BCUT2D eigenvalue weighted by molar-refractivity contribution is 9.10. The Bertz CT molecular complexity index is 399. The number of ether oxygens (including phenoxy) is 1. The zero-order valence-electron chi connectivity index (χ0n) is 9.95. The average Bonchev–Trinajstić information content (AvgIpc) is 2.28. The Balaban J connectivity index is 2.57. The molecule has 0 amide bonds. The summed E-state index contributed by atoms with van der Waals surface area (Å²) in [5, 5.41) is 8.42. The third-order valence-electron chi connectivity index (χ3n) is 2.41. The lowest BCUT2D eigenvalue weighted by Crippen LogP contribution is -2.08. The summed E-state index contributed by atoms with van der Waals surface area (Å²) in [5.41, 5.74) is 6.89. The Hall–Kier alpha value is -1.05. The van der Waals surface area contributed by atoms with Crippen LogP contribution in [0, 0.1) is 11.3 Å². The maximum Gasteiger partial charge on any atom is 0.125 e. The molecule has 0 radical (unpaired) electrons. The van der Waals surface area contributed by atoms with E-state index in [1.54, 1.807) is 0 Å². The lowest BCUT2D eigenvalue weighted by molar-refractivity contribution is 0.303. The van der Waals surface area contributed by atoms with Gasteiger partial charge in [-0.15, -0.1) is 0 Å². The van der Waals surface area contributed by atoms with Crippen LogP contribution in [0.3, 0.4) is 0 Å². The van der Waals surface area contributed by atoms with Gasteiger partial charge in [0.25, 0.3) is 0 Å². The van der Waals surface area contributed by atoms with Crippen LogP contribution in [0.1, 0.15) is 37.8 Å². The molecule has 1 aromatic carbocycles. The van der Waals surface area contributed by atoms with Gasteiger partial charge in [0.2, 0.25) is 0 Å². The lowest BCUT2D eigenvalue weighted by atomic mass is 10.1. The topological polar surface area (TPSA) is 59.0 Å². The largest absolute Gasteiger partial charge is 0.493 e. The smallest absolute Gasteiger partial charge is 0.125 e. The molecular formula is C13H17BrN2O. The Morgan fingerprint density at radius 2 is 2.24 bits per heavy atom. The number of unbranched alkanes of at least 4 members (excludes halogenated alkanes) is 2. The number of nitrogens with zero attached hydrogens (tertiary/aromatic N) is 1. The van der Waals surface area contributed by atoms with Crippen LogP contribution in [-0.2, 0) is 0 Å². The maximum atomic E-state index is 8.42. The van der Waals surface area contributed by atoms with E-state index in [-0.39, 0.29) is 6.04 Å². The van der Waals surface area contributed by atoms with E-state index in [2.05, 4.69) is 22.0 Å². The van der Waals surface area contributed by atoms with Gasteiger partial charge in [0.05, 0.1) is 12.7 Å². The number of rotatable bonds is 6. The van der Waals surface area contributed by atoms with Gasteiger partial charge in [-0.1, -0.05) is 22.0 Å². The summed E-state index contributed by atoms with van der Waals surface area (Å²) in [6.07, 6.45) is 2.35. The molecule has 0 fully saturated rings. The predicted molar refractivity (Wildman–Crippen MR) is 71.7 cm³/mol. The third kappa shape index (κ3) is 4.76. The molecule has 3 nitrogen and oxygen atoms in total. The van der Waals surface area contributed by atoms with Crippen molar-refractivity contribution in [2.24, 2.45) is 5.73 Å². The van der Waals surface area contributed by atoms with Crippen molar-refractivity contribution in [3.05, 3.63) is 28.2 Å². The quantitative estimate of drug-likeness (QED) is 0.817. The number of hydrogen-bond donors (Lipinski definition) is 1. The van der Waals surface area contributed by atoms with Crippen LogP contribution < -0.4 is 10.5 Å². The minimum Gasteiger partial charge on any atom is -0.493 e. The summed E-state index contributed by atoms with van der Waals surface area (Å²) in [6.45, 7) is 2.56. The van der Waals surface area contributed by atoms with Gasteiger partial charge in [0.15, 0.2) is 0 Å². The normalized spacial score (nSPS) is 11.9. The Morgan fingerprint density at radius 3 is 2.88 bits per heavy atom. The van der Waals surface area contributed by atoms with E-state index in [1.165, 1.54) is 0 Å². The second kappa shape index (κ2) is 7.31. The van der Waals surface area contributed by atoms with E-state index in [0.29, 0.717) is 13.0 Å². The van der Waals surface area contributed by atoms with Crippen molar-refractivity contribution in [3.8, 4) is 11.8 Å². The standard InChI is InChI=1S/C13H17BrN2O/c1-10(16)12-6-5-11(14)9-13(12)17-8-4-2-3-7-15/h5-6,9-10H,2-4,8,16H2,1H3/t10-/m1/s1. The van der Waals surface area contributed by atoms with Gasteiger partial charge in [-0.25, -0.2) is 0 Å². The molecule has 0 saturated heterocycles. The molecule has 0 bridgehead atoms. The van der Waals surface area contributed by atoms with Gasteiger partial charge in [-0.05, 0) is 31.9 Å². The van der Waals surface area contributed by atoms with E-state index < -0.39 is 0 Å². The molecule has 0 spiro atoms. The fourth-order valence-corrected chi connectivity index (χ4v) is 1.84. The third-order valence-corrected chi connectivity index (χ3v) is 2.90. The molecule has 17 heavy (non-hydrogen) atoms. The summed E-state index contributed by atoms with van der Waals surface area (Å²) in [4.78, 5) is 0. The minimum atomic E-state index is -0.0443. The van der Waals surface area contributed by atoms with Gasteiger partial charge in [0.1, 0.15) is 5.75 Å². The van der Waals surface area contributed by atoms with Crippen LogP contribution in [0.5, 0.6) is 5.75 Å². The first-order valence-corrected chi connectivity index (χ1v) is 6.49. The van der Waals surface area contributed by atoms with Crippen LogP contribution in [-0.4, -0.2) is 6.61 Å². The summed E-state index contributed by atoms with van der Waals surface area (Å²) in [5.74, 6) is 0.825. The van der Waals surface area contributed by atoms with E-state index in [1.807, 2.05) is 25.1 Å². The van der Waals surface area contributed by atoms with Gasteiger partial charge < -0.3 is 10.5 Å². The fourth-order valence-electron chi connectivity index (χ4n) is 1.50. The van der Waals surface area contributed by atoms with Crippen molar-refractivity contribution in [3.63, 3.8) is 0 Å². The van der Waals surface area contributed by atoms with Gasteiger partial charge >= 0.3 is 0 Å². The predicted octanol–water partition coefficient (Wildman–Crippen LogP) is 3.54. The molecule has 0 aliphatic heterocycles. The van der Waals surface area contributed by atoms with Crippen molar-refractivity contribution < 1.29 is 4.74 Å². The highest BCUT2D eigenvalue weighted by Gasteiger charge is 2.08. The Morgan fingerprint density at radius 1 is 1.47 bits per heavy atom. The minimum absolute atomic E-state index is 0.0443. The molecule has 4 heteroatoms. The number of halogens is 1. The van der Waals surface area contributed by atoms with Gasteiger partial charge in [-0.3, -0.25) is 0 Å². The van der Waals surface area contributed by atoms with Crippen LogP contribution in [0.25, 0.3) is 0 Å². The Labute approximate surface area is 111 Å². The SMILES string of the molecule is C[C@@H](N)c1ccc(Br)cc1OCCCCC#N. The van der Waals surface area contributed by atoms with Crippen LogP contribution >= 0.6 is 15.9 Å². The molecule has 1 aromatic rings. The number of benzene rings is 1. The van der Waals surface area contributed by atoms with Crippen molar-refractivity contribution in [2.75, 3.05) is 6.61 Å². The van der Waals surface area contributed by atoms with Crippen molar-refractivity contribution in [2.45, 2.75) is 32.2 Å². The van der Waals surface area contributed by atoms with Crippen molar-refractivity contribution in [1.29, 1.82) is 5.26 Å². The molecule has 0 heterocycles. The molecule has 0 aliphatic carbocycles. The fraction of sp³-hybridized carbons (Fsp3) is 0.462. The average molecular weight is 297 g/mol. The zero-order valence-corrected chi connectivity index (χ0v) is 11.5. The molecule has 1 rings (SSSR count). The molecule has 0 unspecified atom stereocenters. The first-order chi connectivity index (χ1) is 8.15. The lowest BCUT2D eigenvalue weighted by Gasteiger charge is -2.14. The highest BCUT2D eigenvalue weighted by Crippen LogP contribution is 2.27. The number of nitriles is 1. The Kier molecular flexibility index (Phi) is 6.03. The van der Waals surface area contributed by atoms with E-state index >= 15 is 0 Å². The van der Waals surface area contributed by atoms with Gasteiger partial charge in [0, 0.05) is 22.5 Å². The van der Waals surface area contributed by atoms with E-state index in [9.17, 15) is 0 Å². The van der Waals surface area contributed by atoms with Crippen molar-refractivity contribution >= 4 is 15.9 Å².